The van der Waals surface area contributed by atoms with Gasteiger partial charge in [-0.2, -0.15) is 4.72 Å². The Labute approximate surface area is 119 Å². The Kier molecular flexibility index (Phi) is 5.50. The predicted octanol–water partition coefficient (Wildman–Crippen LogP) is 0.201. The molecule has 1 aromatic rings. The Balaban J connectivity index is 3.03. The molecule has 0 aromatic carbocycles. The fourth-order valence-electron chi connectivity index (χ4n) is 1.11. The number of nitrogens with zero attached hydrogens (tertiary/aromatic N) is 1. The Bertz CT molecular complexity index is 578. The van der Waals surface area contributed by atoms with E-state index < -0.39 is 28.6 Å². The molecular weight excluding hydrogens is 319 g/mol. The maximum Gasteiger partial charge on any atom is 0.326 e. The van der Waals surface area contributed by atoms with Crippen LogP contribution in [0.1, 0.15) is 0 Å². The van der Waals surface area contributed by atoms with E-state index in [1.54, 1.807) is 0 Å². The third-order valence-electron chi connectivity index (χ3n) is 2.05. The molecule has 0 aliphatic heterocycles. The van der Waals surface area contributed by atoms with Gasteiger partial charge in [-0.05, 0) is 6.07 Å². The molecule has 0 saturated carbocycles. The van der Waals surface area contributed by atoms with Gasteiger partial charge in [-0.25, -0.2) is 13.4 Å². The number of aliphatic hydroxyl groups is 1. The first-order chi connectivity index (χ1) is 8.81. The SMILES string of the molecule is COC(=O)C(CO)NS(=O)(=O)c1cnc(Cl)c(Cl)c1. The maximum atomic E-state index is 11.9. The largest absolute Gasteiger partial charge is 0.468 e. The van der Waals surface area contributed by atoms with E-state index in [-0.39, 0.29) is 15.1 Å². The van der Waals surface area contributed by atoms with Crippen LogP contribution in [0.3, 0.4) is 0 Å². The zero-order valence-corrected chi connectivity index (χ0v) is 12.0. The van der Waals surface area contributed by atoms with Gasteiger partial charge in [0.05, 0.1) is 18.7 Å². The molecule has 1 heterocycles. The van der Waals surface area contributed by atoms with Crippen LogP contribution in [0.15, 0.2) is 17.2 Å². The highest BCUT2D eigenvalue weighted by Gasteiger charge is 2.26. The fourth-order valence-corrected chi connectivity index (χ4v) is 2.59. The van der Waals surface area contributed by atoms with Crippen molar-refractivity contribution in [2.24, 2.45) is 0 Å². The van der Waals surface area contributed by atoms with Crippen molar-refractivity contribution in [1.29, 1.82) is 0 Å². The minimum Gasteiger partial charge on any atom is -0.468 e. The molecule has 0 aliphatic rings. The smallest absolute Gasteiger partial charge is 0.326 e. The van der Waals surface area contributed by atoms with E-state index in [1.165, 1.54) is 0 Å². The van der Waals surface area contributed by atoms with Gasteiger partial charge < -0.3 is 9.84 Å². The minimum atomic E-state index is -4.08. The molecule has 1 atom stereocenters. The summed E-state index contributed by atoms with van der Waals surface area (Å²) in [5.41, 5.74) is 0. The Morgan fingerprint density at radius 2 is 2.21 bits per heavy atom. The normalized spacial score (nSPS) is 13.1. The van der Waals surface area contributed by atoms with Gasteiger partial charge in [0.25, 0.3) is 0 Å². The lowest BCUT2D eigenvalue weighted by atomic mass is 10.3. The number of rotatable bonds is 5. The average molecular weight is 329 g/mol. The van der Waals surface area contributed by atoms with Crippen LogP contribution in [0.5, 0.6) is 0 Å². The number of methoxy groups -OCH3 is 1. The molecular formula is C9H10Cl2N2O5S. The van der Waals surface area contributed by atoms with Crippen molar-refractivity contribution in [1.82, 2.24) is 9.71 Å². The summed E-state index contributed by atoms with van der Waals surface area (Å²) in [6.07, 6.45) is 0.974. The Morgan fingerprint density at radius 1 is 1.58 bits per heavy atom. The molecule has 0 saturated heterocycles. The van der Waals surface area contributed by atoms with E-state index >= 15 is 0 Å². The summed E-state index contributed by atoms with van der Waals surface area (Å²) in [6, 6.07) is -0.338. The van der Waals surface area contributed by atoms with Crippen LogP contribution >= 0.6 is 23.2 Å². The van der Waals surface area contributed by atoms with E-state index in [0.717, 1.165) is 19.4 Å². The van der Waals surface area contributed by atoms with E-state index in [1.807, 2.05) is 4.72 Å². The van der Waals surface area contributed by atoms with E-state index in [0.29, 0.717) is 0 Å². The monoisotopic (exact) mass is 328 g/mol. The number of halogens is 2. The van der Waals surface area contributed by atoms with Crippen LogP contribution in [0.4, 0.5) is 0 Å². The van der Waals surface area contributed by atoms with Crippen LogP contribution in [-0.4, -0.2) is 44.2 Å². The molecule has 0 bridgehead atoms. The molecule has 19 heavy (non-hydrogen) atoms. The van der Waals surface area contributed by atoms with Crippen LogP contribution in [-0.2, 0) is 19.6 Å². The highest BCUT2D eigenvalue weighted by Crippen LogP contribution is 2.22. The number of esters is 1. The van der Waals surface area contributed by atoms with Crippen molar-refractivity contribution in [3.8, 4) is 0 Å². The number of carbonyl (C=O) groups is 1. The van der Waals surface area contributed by atoms with Gasteiger partial charge in [-0.1, -0.05) is 23.2 Å². The molecule has 10 heteroatoms. The van der Waals surface area contributed by atoms with Crippen molar-refractivity contribution >= 4 is 39.2 Å². The van der Waals surface area contributed by atoms with Crippen LogP contribution in [0.2, 0.25) is 10.2 Å². The average Bonchev–Trinajstić information content (AvgIpc) is 2.38. The lowest BCUT2D eigenvalue weighted by molar-refractivity contribution is -0.143. The second-order valence-electron chi connectivity index (χ2n) is 3.32. The van der Waals surface area contributed by atoms with Crippen molar-refractivity contribution < 1.29 is 23.1 Å². The summed E-state index contributed by atoms with van der Waals surface area (Å²) in [7, 11) is -3.01. The van der Waals surface area contributed by atoms with Gasteiger partial charge in [-0.3, -0.25) is 4.79 Å². The van der Waals surface area contributed by atoms with Gasteiger partial charge in [0, 0.05) is 6.20 Å². The molecule has 1 rings (SSSR count). The lowest BCUT2D eigenvalue weighted by Gasteiger charge is -2.14. The first-order valence-electron chi connectivity index (χ1n) is 4.84. The van der Waals surface area contributed by atoms with Crippen LogP contribution in [0, 0.1) is 0 Å². The number of aliphatic hydroxyl groups excluding tert-OH is 1. The summed E-state index contributed by atoms with van der Waals surface area (Å²) in [4.78, 5) is 14.5. The number of hydrogen-bond acceptors (Lipinski definition) is 6. The number of carbonyl (C=O) groups excluding carboxylic acids is 1. The summed E-state index contributed by atoms with van der Waals surface area (Å²) >= 11 is 11.2. The third-order valence-corrected chi connectivity index (χ3v) is 4.17. The van der Waals surface area contributed by atoms with Gasteiger partial charge in [0.15, 0.2) is 0 Å². The molecule has 0 radical (unpaired) electrons. The number of pyridine rings is 1. The highest BCUT2D eigenvalue weighted by atomic mass is 35.5. The zero-order valence-electron chi connectivity index (χ0n) is 9.63. The van der Waals surface area contributed by atoms with E-state index in [4.69, 9.17) is 28.3 Å². The minimum absolute atomic E-state index is 0.0488. The first-order valence-corrected chi connectivity index (χ1v) is 7.07. The van der Waals surface area contributed by atoms with Crippen molar-refractivity contribution in [3.05, 3.63) is 22.4 Å². The van der Waals surface area contributed by atoms with Crippen molar-refractivity contribution in [3.63, 3.8) is 0 Å². The Hall–Kier alpha value is -0.930. The number of hydrogen-bond donors (Lipinski definition) is 2. The topological polar surface area (TPSA) is 106 Å². The quantitative estimate of drug-likeness (QED) is 0.591. The highest BCUT2D eigenvalue weighted by molar-refractivity contribution is 7.89. The standard InChI is InChI=1S/C9H10Cl2N2O5S/c1-18-9(15)7(4-14)13-19(16,17)5-2-6(10)8(11)12-3-5/h2-3,7,13-14H,4H2,1H3. The Morgan fingerprint density at radius 3 is 2.68 bits per heavy atom. The van der Waals surface area contributed by atoms with E-state index in [9.17, 15) is 13.2 Å². The second-order valence-corrected chi connectivity index (χ2v) is 5.80. The summed E-state index contributed by atoms with van der Waals surface area (Å²) in [5.74, 6) is -0.918. The number of ether oxygens (including phenoxy) is 1. The van der Waals surface area contributed by atoms with Gasteiger partial charge in [-0.15, -0.1) is 0 Å². The first kappa shape index (κ1) is 16.1. The van der Waals surface area contributed by atoms with Crippen molar-refractivity contribution in [2.45, 2.75) is 10.9 Å². The molecule has 7 nitrogen and oxygen atoms in total. The summed E-state index contributed by atoms with van der Waals surface area (Å²) < 4.78 is 30.1. The maximum absolute atomic E-state index is 11.9. The third kappa shape index (κ3) is 4.02. The molecule has 1 unspecified atom stereocenters. The van der Waals surface area contributed by atoms with Gasteiger partial charge >= 0.3 is 5.97 Å². The molecule has 0 spiro atoms. The molecule has 0 amide bonds. The number of nitrogens with one attached hydrogen (secondary N) is 1. The lowest BCUT2D eigenvalue weighted by Crippen LogP contribution is -2.43. The molecule has 106 valence electrons. The molecule has 0 aliphatic carbocycles. The molecule has 0 fully saturated rings. The molecule has 2 N–H and O–H groups in total. The predicted molar refractivity (Wildman–Crippen MR) is 67.5 cm³/mol. The van der Waals surface area contributed by atoms with E-state index in [2.05, 4.69) is 9.72 Å². The summed E-state index contributed by atoms with van der Waals surface area (Å²) in [5, 5.41) is 8.84. The van der Waals surface area contributed by atoms with Gasteiger partial charge in [0.2, 0.25) is 10.0 Å². The zero-order chi connectivity index (χ0) is 14.6. The van der Waals surface area contributed by atoms with Crippen molar-refractivity contribution in [2.75, 3.05) is 13.7 Å². The van der Waals surface area contributed by atoms with Gasteiger partial charge in [0.1, 0.15) is 16.1 Å². The summed E-state index contributed by atoms with van der Waals surface area (Å²) in [6.45, 7) is -0.749. The number of aromatic nitrogens is 1. The fraction of sp³-hybridized carbons (Fsp3) is 0.333. The molecule has 1 aromatic heterocycles. The number of sulfonamides is 1. The van der Waals surface area contributed by atoms with Crippen LogP contribution in [0.25, 0.3) is 0 Å². The van der Waals surface area contributed by atoms with Crippen LogP contribution < -0.4 is 4.72 Å². The second kappa shape index (κ2) is 6.49.